The Labute approximate surface area is 82.5 Å². The molecule has 3 rings (SSSR count). The molecule has 1 aliphatic rings. The van der Waals surface area contributed by atoms with Crippen LogP contribution in [-0.4, -0.2) is 15.3 Å². The van der Waals surface area contributed by atoms with Gasteiger partial charge in [-0.3, -0.25) is 4.68 Å². The van der Waals surface area contributed by atoms with Crippen LogP contribution in [0.3, 0.4) is 0 Å². The van der Waals surface area contributed by atoms with Crippen molar-refractivity contribution >= 4 is 10.9 Å². The smallest absolute Gasteiger partial charge is 0.0683 e. The molecule has 0 atom stereocenters. The molecule has 14 heavy (non-hydrogen) atoms. The predicted octanol–water partition coefficient (Wildman–Crippen LogP) is 1.53. The maximum atomic E-state index is 6.07. The molecule has 2 N–H and O–H groups in total. The van der Waals surface area contributed by atoms with Gasteiger partial charge in [0.15, 0.2) is 0 Å². The van der Waals surface area contributed by atoms with E-state index in [-0.39, 0.29) is 5.54 Å². The maximum absolute atomic E-state index is 6.07. The number of aromatic nitrogens is 2. The fourth-order valence-corrected chi connectivity index (χ4v) is 1.77. The summed E-state index contributed by atoms with van der Waals surface area (Å²) in [5.74, 6) is 0. The number of rotatable bonds is 2. The zero-order valence-electron chi connectivity index (χ0n) is 7.98. The maximum Gasteiger partial charge on any atom is 0.0683 e. The van der Waals surface area contributed by atoms with E-state index in [1.54, 1.807) is 0 Å². The van der Waals surface area contributed by atoms with Gasteiger partial charge < -0.3 is 5.73 Å². The first kappa shape index (κ1) is 8.00. The van der Waals surface area contributed by atoms with Gasteiger partial charge in [-0.05, 0) is 18.9 Å². The highest BCUT2D eigenvalue weighted by Crippen LogP contribution is 2.34. The van der Waals surface area contributed by atoms with Crippen LogP contribution in [0, 0.1) is 0 Å². The van der Waals surface area contributed by atoms with Crippen LogP contribution in [0.5, 0.6) is 0 Å². The Hall–Kier alpha value is -1.35. The zero-order chi connectivity index (χ0) is 9.60. The van der Waals surface area contributed by atoms with Crippen LogP contribution in [0.15, 0.2) is 30.5 Å². The molecule has 3 nitrogen and oxygen atoms in total. The average molecular weight is 187 g/mol. The minimum atomic E-state index is 0.0226. The third-order valence-electron chi connectivity index (χ3n) is 2.91. The quantitative estimate of drug-likeness (QED) is 0.774. The lowest BCUT2D eigenvalue weighted by Crippen LogP contribution is -2.28. The Kier molecular flexibility index (Phi) is 1.47. The Bertz CT molecular complexity index is 468. The molecule has 0 unspecified atom stereocenters. The molecule has 1 aliphatic carbocycles. The molecule has 72 valence electrons. The van der Waals surface area contributed by atoms with E-state index in [0.29, 0.717) is 0 Å². The van der Waals surface area contributed by atoms with Crippen LogP contribution in [0.25, 0.3) is 10.9 Å². The second-order valence-corrected chi connectivity index (χ2v) is 4.22. The SMILES string of the molecule is NC1(Cn2ncc3ccccc32)CC1. The third-order valence-corrected chi connectivity index (χ3v) is 2.91. The molecule has 1 saturated carbocycles. The van der Waals surface area contributed by atoms with E-state index in [1.807, 2.05) is 23.0 Å². The van der Waals surface area contributed by atoms with Gasteiger partial charge >= 0.3 is 0 Å². The number of hydrogen-bond donors (Lipinski definition) is 1. The fraction of sp³-hybridized carbons (Fsp3) is 0.364. The van der Waals surface area contributed by atoms with Crippen molar-refractivity contribution in [2.45, 2.75) is 24.9 Å². The minimum absolute atomic E-state index is 0.0226. The standard InChI is InChI=1S/C11H13N3/c12-11(5-6-11)8-14-10-4-2-1-3-9(10)7-13-14/h1-4,7H,5-6,8,12H2. The number of hydrogen-bond acceptors (Lipinski definition) is 2. The van der Waals surface area contributed by atoms with Gasteiger partial charge in [0.25, 0.3) is 0 Å². The van der Waals surface area contributed by atoms with Crippen molar-refractivity contribution in [3.8, 4) is 0 Å². The van der Waals surface area contributed by atoms with Crippen molar-refractivity contribution in [2.24, 2.45) is 5.73 Å². The summed E-state index contributed by atoms with van der Waals surface area (Å²) in [5.41, 5.74) is 7.28. The predicted molar refractivity (Wildman–Crippen MR) is 55.9 cm³/mol. The van der Waals surface area contributed by atoms with E-state index in [2.05, 4.69) is 17.2 Å². The lowest BCUT2D eigenvalue weighted by molar-refractivity contribution is 0.512. The monoisotopic (exact) mass is 187 g/mol. The summed E-state index contributed by atoms with van der Waals surface area (Å²) in [6.07, 6.45) is 4.16. The molecule has 0 bridgehead atoms. The highest BCUT2D eigenvalue weighted by atomic mass is 15.3. The number of benzene rings is 1. The van der Waals surface area contributed by atoms with E-state index in [9.17, 15) is 0 Å². The van der Waals surface area contributed by atoms with Crippen molar-refractivity contribution in [1.29, 1.82) is 0 Å². The fourth-order valence-electron chi connectivity index (χ4n) is 1.77. The van der Waals surface area contributed by atoms with Crippen molar-refractivity contribution < 1.29 is 0 Å². The highest BCUT2D eigenvalue weighted by molar-refractivity contribution is 5.78. The summed E-state index contributed by atoms with van der Waals surface area (Å²) < 4.78 is 2.02. The first-order valence-electron chi connectivity index (χ1n) is 4.96. The molecular weight excluding hydrogens is 174 g/mol. The van der Waals surface area contributed by atoms with E-state index < -0.39 is 0 Å². The van der Waals surface area contributed by atoms with Crippen molar-refractivity contribution in [1.82, 2.24) is 9.78 Å². The van der Waals surface area contributed by atoms with Gasteiger partial charge in [-0.25, -0.2) is 0 Å². The van der Waals surface area contributed by atoms with Crippen LogP contribution < -0.4 is 5.73 Å². The molecule has 1 fully saturated rings. The van der Waals surface area contributed by atoms with Crippen LogP contribution in [-0.2, 0) is 6.54 Å². The summed E-state index contributed by atoms with van der Waals surface area (Å²) >= 11 is 0. The van der Waals surface area contributed by atoms with Crippen LogP contribution in [0.1, 0.15) is 12.8 Å². The van der Waals surface area contributed by atoms with E-state index in [0.717, 1.165) is 19.4 Å². The molecule has 0 aliphatic heterocycles. The molecule has 0 amide bonds. The zero-order valence-corrected chi connectivity index (χ0v) is 7.98. The van der Waals surface area contributed by atoms with Gasteiger partial charge in [-0.15, -0.1) is 0 Å². The topological polar surface area (TPSA) is 43.8 Å². The number of fused-ring (bicyclic) bond motifs is 1. The lowest BCUT2D eigenvalue weighted by Gasteiger charge is -2.09. The molecule has 0 spiro atoms. The van der Waals surface area contributed by atoms with Gasteiger partial charge in [-0.1, -0.05) is 18.2 Å². The Morgan fingerprint density at radius 1 is 1.36 bits per heavy atom. The summed E-state index contributed by atoms with van der Waals surface area (Å²) in [5, 5.41) is 5.55. The van der Waals surface area contributed by atoms with Crippen molar-refractivity contribution in [3.63, 3.8) is 0 Å². The summed E-state index contributed by atoms with van der Waals surface area (Å²) in [6, 6.07) is 8.24. The van der Waals surface area contributed by atoms with Crippen molar-refractivity contribution in [3.05, 3.63) is 30.5 Å². The molecule has 0 radical (unpaired) electrons. The van der Waals surface area contributed by atoms with Crippen LogP contribution in [0.2, 0.25) is 0 Å². The second-order valence-electron chi connectivity index (χ2n) is 4.22. The first-order chi connectivity index (χ1) is 6.77. The van der Waals surface area contributed by atoms with Crippen LogP contribution >= 0.6 is 0 Å². The third kappa shape index (κ3) is 1.21. The van der Waals surface area contributed by atoms with Gasteiger partial charge in [0, 0.05) is 10.9 Å². The van der Waals surface area contributed by atoms with Gasteiger partial charge in [-0.2, -0.15) is 5.10 Å². The van der Waals surface area contributed by atoms with E-state index >= 15 is 0 Å². The molecule has 1 aromatic heterocycles. The molecule has 0 saturated heterocycles. The highest BCUT2D eigenvalue weighted by Gasteiger charge is 2.38. The van der Waals surface area contributed by atoms with E-state index in [1.165, 1.54) is 10.9 Å². The summed E-state index contributed by atoms with van der Waals surface area (Å²) in [7, 11) is 0. The summed E-state index contributed by atoms with van der Waals surface area (Å²) in [6.45, 7) is 0.848. The average Bonchev–Trinajstić information content (AvgIpc) is 2.77. The number of nitrogens with two attached hydrogens (primary N) is 1. The van der Waals surface area contributed by atoms with E-state index in [4.69, 9.17) is 5.73 Å². The van der Waals surface area contributed by atoms with Gasteiger partial charge in [0.1, 0.15) is 0 Å². The Balaban J connectivity index is 2.04. The summed E-state index contributed by atoms with van der Waals surface area (Å²) in [4.78, 5) is 0. The number of para-hydroxylation sites is 1. The van der Waals surface area contributed by atoms with Crippen molar-refractivity contribution in [2.75, 3.05) is 0 Å². The van der Waals surface area contributed by atoms with Gasteiger partial charge in [0.2, 0.25) is 0 Å². The molecular formula is C11H13N3. The largest absolute Gasteiger partial charge is 0.324 e. The second kappa shape index (κ2) is 2.58. The Morgan fingerprint density at radius 3 is 2.93 bits per heavy atom. The minimum Gasteiger partial charge on any atom is -0.324 e. The lowest BCUT2D eigenvalue weighted by atomic mass is 10.2. The van der Waals surface area contributed by atoms with Gasteiger partial charge in [0.05, 0.1) is 18.3 Å². The molecule has 2 aromatic rings. The Morgan fingerprint density at radius 2 is 2.14 bits per heavy atom. The first-order valence-corrected chi connectivity index (χ1v) is 4.96. The normalized spacial score (nSPS) is 18.6. The molecule has 3 heteroatoms. The number of nitrogens with zero attached hydrogens (tertiary/aromatic N) is 2. The molecule has 1 aromatic carbocycles. The molecule has 1 heterocycles. The van der Waals surface area contributed by atoms with Crippen LogP contribution in [0.4, 0.5) is 0 Å².